The van der Waals surface area contributed by atoms with Crippen LogP contribution in [0.15, 0.2) is 35.5 Å². The van der Waals surface area contributed by atoms with Crippen molar-refractivity contribution in [3.63, 3.8) is 0 Å². The standard InChI is InChI=1S/C17H30N4/c1-7-14(13(2)3)17(20(5)6)12-21(19-4)16-11-9-8-10-15(16)18/h8-11,13,19H,7,12,18H2,1-6H3. The van der Waals surface area contributed by atoms with Crippen molar-refractivity contribution in [1.82, 2.24) is 10.3 Å². The number of anilines is 2. The molecule has 0 saturated heterocycles. The fourth-order valence-electron chi connectivity index (χ4n) is 2.64. The first kappa shape index (κ1) is 17.4. The maximum Gasteiger partial charge on any atom is 0.0753 e. The number of benzene rings is 1. The summed E-state index contributed by atoms with van der Waals surface area (Å²) in [5, 5.41) is 2.10. The van der Waals surface area contributed by atoms with Gasteiger partial charge >= 0.3 is 0 Å². The van der Waals surface area contributed by atoms with E-state index in [0.29, 0.717) is 5.92 Å². The van der Waals surface area contributed by atoms with Crippen LogP contribution in [0, 0.1) is 5.92 Å². The van der Waals surface area contributed by atoms with Gasteiger partial charge in [-0.2, -0.15) is 0 Å². The highest BCUT2D eigenvalue weighted by Gasteiger charge is 2.16. The van der Waals surface area contributed by atoms with E-state index in [9.17, 15) is 0 Å². The first-order valence-electron chi connectivity index (χ1n) is 7.61. The van der Waals surface area contributed by atoms with Crippen LogP contribution in [-0.2, 0) is 0 Å². The lowest BCUT2D eigenvalue weighted by Gasteiger charge is -2.31. The summed E-state index contributed by atoms with van der Waals surface area (Å²) in [5.41, 5.74) is 14.0. The molecule has 3 N–H and O–H groups in total. The van der Waals surface area contributed by atoms with Crippen molar-refractivity contribution >= 4 is 11.4 Å². The lowest BCUT2D eigenvalue weighted by atomic mass is 9.97. The van der Waals surface area contributed by atoms with Crippen LogP contribution in [0.3, 0.4) is 0 Å². The molecule has 0 aromatic heterocycles. The van der Waals surface area contributed by atoms with Gasteiger partial charge in [0, 0.05) is 26.8 Å². The van der Waals surface area contributed by atoms with Gasteiger partial charge in [0.1, 0.15) is 0 Å². The zero-order valence-electron chi connectivity index (χ0n) is 14.3. The molecule has 21 heavy (non-hydrogen) atoms. The van der Waals surface area contributed by atoms with E-state index in [-0.39, 0.29) is 0 Å². The van der Waals surface area contributed by atoms with E-state index < -0.39 is 0 Å². The molecule has 0 unspecified atom stereocenters. The lowest BCUT2D eigenvalue weighted by Crippen LogP contribution is -2.40. The predicted molar refractivity (Wildman–Crippen MR) is 93.1 cm³/mol. The number of para-hydroxylation sites is 2. The quantitative estimate of drug-likeness (QED) is 0.598. The molecule has 1 aromatic rings. The molecule has 0 radical (unpaired) electrons. The maximum atomic E-state index is 6.11. The van der Waals surface area contributed by atoms with Crippen molar-refractivity contribution in [1.29, 1.82) is 0 Å². The number of nitrogen functional groups attached to an aromatic ring is 1. The summed E-state index contributed by atoms with van der Waals surface area (Å²) in [7, 11) is 6.14. The number of rotatable bonds is 7. The molecule has 4 heteroatoms. The van der Waals surface area contributed by atoms with Crippen LogP contribution in [0.1, 0.15) is 27.2 Å². The summed E-state index contributed by atoms with van der Waals surface area (Å²) < 4.78 is 0. The number of nitrogens with one attached hydrogen (secondary N) is 1. The molecule has 0 aliphatic heterocycles. The zero-order chi connectivity index (χ0) is 16.0. The molecule has 4 nitrogen and oxygen atoms in total. The molecule has 0 amide bonds. The summed E-state index contributed by atoms with van der Waals surface area (Å²) in [6, 6.07) is 7.95. The van der Waals surface area contributed by atoms with Crippen LogP contribution in [0.4, 0.5) is 11.4 Å². The number of hydrazine groups is 1. The van der Waals surface area contributed by atoms with Gasteiger partial charge in [-0.3, -0.25) is 0 Å². The summed E-state index contributed by atoms with van der Waals surface area (Å²) in [4.78, 5) is 2.21. The third-order valence-corrected chi connectivity index (χ3v) is 3.79. The number of likely N-dealkylation sites (N-methyl/N-ethyl adjacent to an activating group) is 1. The molecule has 0 spiro atoms. The fourth-order valence-corrected chi connectivity index (χ4v) is 2.64. The molecule has 0 aliphatic carbocycles. The van der Waals surface area contributed by atoms with Crippen LogP contribution in [0.2, 0.25) is 0 Å². The Labute approximate surface area is 129 Å². The van der Waals surface area contributed by atoms with E-state index in [1.54, 1.807) is 0 Å². The molecule has 0 aliphatic rings. The molecule has 0 atom stereocenters. The van der Waals surface area contributed by atoms with Gasteiger partial charge < -0.3 is 15.6 Å². The number of allylic oxidation sites excluding steroid dienone is 1. The summed E-state index contributed by atoms with van der Waals surface area (Å²) in [5.74, 6) is 0.541. The van der Waals surface area contributed by atoms with Crippen molar-refractivity contribution in [2.45, 2.75) is 27.2 Å². The minimum atomic E-state index is 0.541. The van der Waals surface area contributed by atoms with Crippen LogP contribution in [0.5, 0.6) is 0 Å². The molecule has 118 valence electrons. The van der Waals surface area contributed by atoms with Gasteiger partial charge in [-0.1, -0.05) is 32.9 Å². The molecule has 0 fully saturated rings. The minimum absolute atomic E-state index is 0.541. The van der Waals surface area contributed by atoms with Crippen LogP contribution in [0.25, 0.3) is 0 Å². The first-order chi connectivity index (χ1) is 9.92. The maximum absolute atomic E-state index is 6.11. The summed E-state index contributed by atoms with van der Waals surface area (Å²) in [6.45, 7) is 7.52. The summed E-state index contributed by atoms with van der Waals surface area (Å²) >= 11 is 0. The Morgan fingerprint density at radius 3 is 2.29 bits per heavy atom. The highest BCUT2D eigenvalue weighted by molar-refractivity contribution is 5.67. The second-order valence-electron chi connectivity index (χ2n) is 5.74. The Morgan fingerprint density at radius 2 is 1.86 bits per heavy atom. The monoisotopic (exact) mass is 290 g/mol. The SMILES string of the molecule is CCC(=C(CN(NC)c1ccccc1N)N(C)C)C(C)C. The van der Waals surface area contributed by atoms with Gasteiger partial charge in [0.2, 0.25) is 0 Å². The molecule has 0 saturated carbocycles. The third-order valence-electron chi connectivity index (χ3n) is 3.79. The Hall–Kier alpha value is -1.68. The fraction of sp³-hybridized carbons (Fsp3) is 0.529. The first-order valence-corrected chi connectivity index (χ1v) is 7.61. The Bertz CT molecular complexity index is 477. The number of nitrogens with two attached hydrogens (primary N) is 1. The Balaban J connectivity index is 3.15. The van der Waals surface area contributed by atoms with Gasteiger partial charge in [0.15, 0.2) is 0 Å². The highest BCUT2D eigenvalue weighted by Crippen LogP contribution is 2.25. The average Bonchev–Trinajstić information content (AvgIpc) is 2.43. The van der Waals surface area contributed by atoms with Crippen molar-refractivity contribution < 1.29 is 0 Å². The van der Waals surface area contributed by atoms with E-state index in [0.717, 1.165) is 24.3 Å². The normalized spacial score (nSPS) is 12.3. The van der Waals surface area contributed by atoms with Gasteiger partial charge in [-0.05, 0) is 30.0 Å². The van der Waals surface area contributed by atoms with Crippen LogP contribution in [-0.4, -0.2) is 32.6 Å². The van der Waals surface area contributed by atoms with Crippen molar-refractivity contribution in [2.24, 2.45) is 5.92 Å². The number of hydrogen-bond acceptors (Lipinski definition) is 4. The van der Waals surface area contributed by atoms with Crippen LogP contribution < -0.4 is 16.2 Å². The largest absolute Gasteiger partial charge is 0.397 e. The third kappa shape index (κ3) is 4.39. The lowest BCUT2D eigenvalue weighted by molar-refractivity contribution is 0.468. The molecular formula is C17H30N4. The minimum Gasteiger partial charge on any atom is -0.397 e. The van der Waals surface area contributed by atoms with E-state index in [4.69, 9.17) is 5.73 Å². The van der Waals surface area contributed by atoms with Crippen molar-refractivity contribution in [2.75, 3.05) is 38.4 Å². The molecule has 0 heterocycles. The van der Waals surface area contributed by atoms with E-state index in [2.05, 4.69) is 50.2 Å². The smallest absolute Gasteiger partial charge is 0.0753 e. The van der Waals surface area contributed by atoms with E-state index in [1.165, 1.54) is 11.3 Å². The number of nitrogens with zero attached hydrogens (tertiary/aromatic N) is 2. The topological polar surface area (TPSA) is 44.5 Å². The molecular weight excluding hydrogens is 260 g/mol. The molecule has 1 aromatic carbocycles. The van der Waals surface area contributed by atoms with E-state index >= 15 is 0 Å². The van der Waals surface area contributed by atoms with Gasteiger partial charge in [-0.25, -0.2) is 5.43 Å². The van der Waals surface area contributed by atoms with Crippen molar-refractivity contribution in [3.05, 3.63) is 35.5 Å². The van der Waals surface area contributed by atoms with Gasteiger partial charge in [0.25, 0.3) is 0 Å². The second-order valence-corrected chi connectivity index (χ2v) is 5.74. The number of hydrogen-bond donors (Lipinski definition) is 2. The van der Waals surface area contributed by atoms with Gasteiger partial charge in [0.05, 0.1) is 17.9 Å². The summed E-state index contributed by atoms with van der Waals surface area (Å²) in [6.07, 6.45) is 1.06. The average molecular weight is 290 g/mol. The van der Waals surface area contributed by atoms with Crippen molar-refractivity contribution in [3.8, 4) is 0 Å². The second kappa shape index (κ2) is 7.93. The Kier molecular flexibility index (Phi) is 6.56. The highest BCUT2D eigenvalue weighted by atomic mass is 15.5. The predicted octanol–water partition coefficient (Wildman–Crippen LogP) is 3.09. The molecule has 1 rings (SSSR count). The van der Waals surface area contributed by atoms with Crippen LogP contribution >= 0.6 is 0 Å². The van der Waals surface area contributed by atoms with Gasteiger partial charge in [-0.15, -0.1) is 0 Å². The molecule has 0 bridgehead atoms. The zero-order valence-corrected chi connectivity index (χ0v) is 14.3. The Morgan fingerprint density at radius 1 is 1.24 bits per heavy atom. The van der Waals surface area contributed by atoms with E-state index in [1.807, 2.05) is 31.3 Å².